The first-order chi connectivity index (χ1) is 8.54. The zero-order valence-electron chi connectivity index (χ0n) is 10.4. The summed E-state index contributed by atoms with van der Waals surface area (Å²) in [6.45, 7) is 2.53. The van der Waals surface area contributed by atoms with Crippen LogP contribution in [0.2, 0.25) is 0 Å². The fourth-order valence-electron chi connectivity index (χ4n) is 1.20. The van der Waals surface area contributed by atoms with E-state index in [4.69, 9.17) is 5.11 Å². The molecular weight excluding hydrogens is 269 g/mol. The summed E-state index contributed by atoms with van der Waals surface area (Å²) >= 11 is 0. The number of nitrogens with one attached hydrogen (secondary N) is 2. The number of hydrogen-bond acceptors (Lipinski definition) is 3. The number of carbonyl (C=O) groups is 3. The maximum atomic E-state index is 11.8. The number of aliphatic carboxylic acids is 1. The molecule has 0 aromatic carbocycles. The van der Waals surface area contributed by atoms with Crippen molar-refractivity contribution >= 4 is 17.8 Å². The Hall–Kier alpha value is -1.80. The molecule has 0 rings (SSSR count). The Morgan fingerprint density at radius 2 is 1.74 bits per heavy atom. The Kier molecular flexibility index (Phi) is 6.30. The normalized spacial score (nSPS) is 12.9. The quantitative estimate of drug-likeness (QED) is 0.653. The number of hydrogen-bond donors (Lipinski definition) is 3. The van der Waals surface area contributed by atoms with Crippen molar-refractivity contribution in [2.45, 2.75) is 32.5 Å². The molecule has 0 heterocycles. The lowest BCUT2D eigenvalue weighted by atomic mass is 10.0. The van der Waals surface area contributed by atoms with Crippen LogP contribution in [0.25, 0.3) is 0 Å². The molecule has 0 saturated carbocycles. The highest BCUT2D eigenvalue weighted by Crippen LogP contribution is 2.13. The van der Waals surface area contributed by atoms with Gasteiger partial charge in [0.2, 0.25) is 5.91 Å². The lowest BCUT2D eigenvalue weighted by molar-refractivity contribution is -0.173. The summed E-state index contributed by atoms with van der Waals surface area (Å²) in [7, 11) is 0. The van der Waals surface area contributed by atoms with E-state index in [2.05, 4.69) is 0 Å². The molecule has 19 heavy (non-hydrogen) atoms. The monoisotopic (exact) mass is 284 g/mol. The molecule has 1 atom stereocenters. The van der Waals surface area contributed by atoms with Crippen molar-refractivity contribution in [3.63, 3.8) is 0 Å². The van der Waals surface area contributed by atoms with E-state index in [-0.39, 0.29) is 12.3 Å². The largest absolute Gasteiger partial charge is 0.480 e. The minimum atomic E-state index is -5.08. The average Bonchev–Trinajstić information content (AvgIpc) is 2.22. The van der Waals surface area contributed by atoms with Gasteiger partial charge in [0, 0.05) is 0 Å². The summed E-state index contributed by atoms with van der Waals surface area (Å²) < 4.78 is 35.5. The summed E-state index contributed by atoms with van der Waals surface area (Å²) in [6, 6.07) is -1.20. The van der Waals surface area contributed by atoms with Gasteiger partial charge < -0.3 is 15.7 Å². The lowest BCUT2D eigenvalue weighted by Crippen LogP contribution is -2.48. The second kappa shape index (κ2) is 6.95. The molecule has 0 aliphatic heterocycles. The molecule has 0 aromatic heterocycles. The molecule has 0 aliphatic carbocycles. The Balaban J connectivity index is 4.29. The number of carboxylic acids is 1. The maximum absolute atomic E-state index is 11.8. The molecule has 0 fully saturated rings. The minimum absolute atomic E-state index is 0.0221. The number of alkyl halides is 3. The van der Waals surface area contributed by atoms with Crippen molar-refractivity contribution < 1.29 is 32.7 Å². The second-order valence-corrected chi connectivity index (χ2v) is 4.27. The van der Waals surface area contributed by atoms with Crippen LogP contribution in [0.3, 0.4) is 0 Å². The molecule has 0 radical (unpaired) electrons. The van der Waals surface area contributed by atoms with Crippen LogP contribution in [0, 0.1) is 5.92 Å². The molecule has 6 nitrogen and oxygen atoms in total. The van der Waals surface area contributed by atoms with Gasteiger partial charge in [-0.2, -0.15) is 13.2 Å². The molecular formula is C10H15F3N2O4. The zero-order valence-corrected chi connectivity index (χ0v) is 10.4. The van der Waals surface area contributed by atoms with Crippen LogP contribution in [-0.2, 0) is 14.4 Å². The van der Waals surface area contributed by atoms with Crippen molar-refractivity contribution in [2.24, 2.45) is 5.92 Å². The van der Waals surface area contributed by atoms with Crippen LogP contribution < -0.4 is 10.6 Å². The number of halogens is 3. The van der Waals surface area contributed by atoms with E-state index < -0.39 is 36.5 Å². The summed E-state index contributed by atoms with van der Waals surface area (Å²) in [5.74, 6) is -4.56. The molecule has 0 spiro atoms. The first kappa shape index (κ1) is 17.2. The standard InChI is InChI=1S/C10H15F3N2O4/c1-5(2)3-6(8(17)18)15-7(16)4-14-9(19)10(11,12)13/h5-6H,3-4H2,1-2H3,(H,14,19)(H,15,16)(H,17,18)/t6-/m0/s1. The van der Waals surface area contributed by atoms with Crippen molar-refractivity contribution in [2.75, 3.05) is 6.54 Å². The van der Waals surface area contributed by atoms with Gasteiger partial charge >= 0.3 is 18.1 Å². The van der Waals surface area contributed by atoms with Crippen molar-refractivity contribution in [1.29, 1.82) is 0 Å². The third-order valence-electron chi connectivity index (χ3n) is 2.01. The van der Waals surface area contributed by atoms with Crippen LogP contribution in [0.1, 0.15) is 20.3 Å². The van der Waals surface area contributed by atoms with Crippen LogP contribution in [0.4, 0.5) is 13.2 Å². The summed E-state index contributed by atoms with van der Waals surface area (Å²) in [5, 5.41) is 12.2. The molecule has 0 aliphatic rings. The number of carbonyl (C=O) groups excluding carboxylic acids is 2. The fraction of sp³-hybridized carbons (Fsp3) is 0.700. The van der Waals surface area contributed by atoms with Gasteiger partial charge in [0.1, 0.15) is 6.04 Å². The molecule has 0 saturated heterocycles. The van der Waals surface area contributed by atoms with Crippen LogP contribution in [0.5, 0.6) is 0 Å². The third-order valence-corrected chi connectivity index (χ3v) is 2.01. The van der Waals surface area contributed by atoms with Gasteiger partial charge in [0.05, 0.1) is 6.54 Å². The lowest BCUT2D eigenvalue weighted by Gasteiger charge is -2.16. The van der Waals surface area contributed by atoms with Crippen molar-refractivity contribution in [3.8, 4) is 0 Å². The number of carboxylic acid groups (broad SMARTS) is 1. The Labute approximate surface area is 107 Å². The molecule has 0 aromatic rings. The van der Waals surface area contributed by atoms with Gasteiger partial charge in [-0.1, -0.05) is 13.8 Å². The predicted octanol–water partition coefficient (Wildman–Crippen LogP) is 0.280. The summed E-state index contributed by atoms with van der Waals surface area (Å²) in [5.41, 5.74) is 0. The molecule has 3 N–H and O–H groups in total. The molecule has 0 bridgehead atoms. The van der Waals surface area contributed by atoms with E-state index >= 15 is 0 Å². The second-order valence-electron chi connectivity index (χ2n) is 4.27. The Morgan fingerprint density at radius 1 is 1.21 bits per heavy atom. The van der Waals surface area contributed by atoms with Crippen LogP contribution >= 0.6 is 0 Å². The maximum Gasteiger partial charge on any atom is 0.471 e. The number of amides is 2. The smallest absolute Gasteiger partial charge is 0.471 e. The van der Waals surface area contributed by atoms with Crippen LogP contribution in [0.15, 0.2) is 0 Å². The zero-order chi connectivity index (χ0) is 15.2. The van der Waals surface area contributed by atoms with Crippen LogP contribution in [-0.4, -0.2) is 41.7 Å². The minimum Gasteiger partial charge on any atom is -0.480 e. The predicted molar refractivity (Wildman–Crippen MR) is 58.1 cm³/mol. The fourth-order valence-corrected chi connectivity index (χ4v) is 1.20. The van der Waals surface area contributed by atoms with E-state index in [1.807, 2.05) is 5.32 Å². The van der Waals surface area contributed by atoms with E-state index in [0.717, 1.165) is 0 Å². The molecule has 9 heteroatoms. The van der Waals surface area contributed by atoms with Gasteiger partial charge in [-0.15, -0.1) is 0 Å². The summed E-state index contributed by atoms with van der Waals surface area (Å²) in [6.07, 6.45) is -4.95. The van der Waals surface area contributed by atoms with Crippen molar-refractivity contribution in [1.82, 2.24) is 10.6 Å². The SMILES string of the molecule is CC(C)C[C@H](NC(=O)CNC(=O)C(F)(F)F)C(=O)O. The number of rotatable bonds is 6. The van der Waals surface area contributed by atoms with Gasteiger partial charge in [-0.05, 0) is 12.3 Å². The van der Waals surface area contributed by atoms with Gasteiger partial charge in [-0.25, -0.2) is 4.79 Å². The van der Waals surface area contributed by atoms with Gasteiger partial charge in [-0.3, -0.25) is 9.59 Å². The third kappa shape index (κ3) is 7.27. The highest BCUT2D eigenvalue weighted by Gasteiger charge is 2.38. The average molecular weight is 284 g/mol. The highest BCUT2D eigenvalue weighted by molar-refractivity contribution is 5.89. The molecule has 0 unspecified atom stereocenters. The first-order valence-electron chi connectivity index (χ1n) is 5.41. The topological polar surface area (TPSA) is 95.5 Å². The van der Waals surface area contributed by atoms with E-state index in [1.54, 1.807) is 13.8 Å². The van der Waals surface area contributed by atoms with Gasteiger partial charge in [0.15, 0.2) is 0 Å². The first-order valence-corrected chi connectivity index (χ1v) is 5.41. The summed E-state index contributed by atoms with van der Waals surface area (Å²) in [4.78, 5) is 32.4. The Bertz CT molecular complexity index is 355. The molecule has 2 amide bonds. The van der Waals surface area contributed by atoms with E-state index in [1.165, 1.54) is 5.32 Å². The van der Waals surface area contributed by atoms with E-state index in [0.29, 0.717) is 0 Å². The Morgan fingerprint density at radius 3 is 2.11 bits per heavy atom. The molecule has 110 valence electrons. The highest BCUT2D eigenvalue weighted by atomic mass is 19.4. The van der Waals surface area contributed by atoms with E-state index in [9.17, 15) is 27.6 Å². The van der Waals surface area contributed by atoms with Crippen molar-refractivity contribution in [3.05, 3.63) is 0 Å². The van der Waals surface area contributed by atoms with Gasteiger partial charge in [0.25, 0.3) is 0 Å².